The summed E-state index contributed by atoms with van der Waals surface area (Å²) in [6.45, 7) is 7.02. The van der Waals surface area contributed by atoms with E-state index in [0.717, 1.165) is 35.3 Å². The molecule has 0 spiro atoms. The number of carbonyl (C=O) groups is 1. The molecule has 10 heteroatoms. The largest absolute Gasteiger partial charge is 0.444 e. The van der Waals surface area contributed by atoms with Gasteiger partial charge in [-0.15, -0.1) is 5.10 Å². The number of fused-ring (bicyclic) bond motifs is 1. The van der Waals surface area contributed by atoms with Gasteiger partial charge in [-0.1, -0.05) is 24.3 Å². The van der Waals surface area contributed by atoms with Crippen molar-refractivity contribution >= 4 is 33.1 Å². The van der Waals surface area contributed by atoms with E-state index in [9.17, 15) is 13.2 Å². The summed E-state index contributed by atoms with van der Waals surface area (Å²) in [6, 6.07) is 18.9. The normalized spacial score (nSPS) is 14.9. The highest BCUT2D eigenvalue weighted by Crippen LogP contribution is 2.30. The Kier molecular flexibility index (Phi) is 7.07. The van der Waals surface area contributed by atoms with Crippen LogP contribution in [0.15, 0.2) is 71.8 Å². The van der Waals surface area contributed by atoms with E-state index in [1.165, 1.54) is 11.8 Å². The van der Waals surface area contributed by atoms with Gasteiger partial charge in [-0.25, -0.2) is 22.7 Å². The Morgan fingerprint density at radius 3 is 2.26 bits per heavy atom. The Labute approximate surface area is 228 Å². The number of rotatable bonds is 5. The monoisotopic (exact) mass is 547 g/mol. The fourth-order valence-corrected chi connectivity index (χ4v) is 5.37. The third-order valence-electron chi connectivity index (χ3n) is 6.76. The molecule has 3 heterocycles. The summed E-state index contributed by atoms with van der Waals surface area (Å²) in [7, 11) is -3.26. The van der Waals surface area contributed by atoms with Crippen LogP contribution >= 0.6 is 0 Å². The number of anilines is 2. The SMILES string of the molecule is CC(C)(C)OC(=O)N1CCC(c2ccc(Nc3ncc4ccc(-c5ccc(S(C)(=O)=O)cc5)n4n3)cc2)CC1. The van der Waals surface area contributed by atoms with Gasteiger partial charge < -0.3 is 15.0 Å². The summed E-state index contributed by atoms with van der Waals surface area (Å²) >= 11 is 0. The molecule has 5 rings (SSSR count). The minimum absolute atomic E-state index is 0.241. The predicted molar refractivity (Wildman–Crippen MR) is 151 cm³/mol. The molecule has 1 aliphatic heterocycles. The van der Waals surface area contributed by atoms with Crippen molar-refractivity contribution in [3.63, 3.8) is 0 Å². The molecular formula is C29H33N5O4S. The van der Waals surface area contributed by atoms with Crippen LogP contribution in [0.5, 0.6) is 0 Å². The molecule has 0 bridgehead atoms. The molecule has 1 saturated heterocycles. The summed E-state index contributed by atoms with van der Waals surface area (Å²) in [5, 5.41) is 7.94. The Balaban J connectivity index is 1.25. The topological polar surface area (TPSA) is 106 Å². The van der Waals surface area contributed by atoms with Crippen molar-refractivity contribution < 1.29 is 17.9 Å². The van der Waals surface area contributed by atoms with E-state index < -0.39 is 15.4 Å². The van der Waals surface area contributed by atoms with Gasteiger partial charge in [0, 0.05) is 30.6 Å². The lowest BCUT2D eigenvalue weighted by Gasteiger charge is -2.33. The summed E-state index contributed by atoms with van der Waals surface area (Å²) in [5.41, 5.74) is 4.15. The number of likely N-dealkylation sites (tertiary alicyclic amines) is 1. The van der Waals surface area contributed by atoms with Crippen LogP contribution in [0.4, 0.5) is 16.4 Å². The molecule has 1 fully saturated rings. The Bertz CT molecular complexity index is 1580. The number of ether oxygens (including phenoxy) is 1. The minimum atomic E-state index is -3.26. The summed E-state index contributed by atoms with van der Waals surface area (Å²) in [6.07, 6.45) is 4.49. The molecular weight excluding hydrogens is 514 g/mol. The molecule has 0 atom stereocenters. The van der Waals surface area contributed by atoms with E-state index in [2.05, 4.69) is 27.5 Å². The number of benzene rings is 2. The van der Waals surface area contributed by atoms with E-state index in [4.69, 9.17) is 4.74 Å². The van der Waals surface area contributed by atoms with Gasteiger partial charge in [0.1, 0.15) is 5.60 Å². The molecule has 1 amide bonds. The van der Waals surface area contributed by atoms with Crippen LogP contribution in [-0.4, -0.2) is 59.0 Å². The summed E-state index contributed by atoms with van der Waals surface area (Å²) < 4.78 is 30.9. The zero-order chi connectivity index (χ0) is 27.8. The van der Waals surface area contributed by atoms with Crippen LogP contribution in [-0.2, 0) is 14.6 Å². The molecule has 0 unspecified atom stereocenters. The fraction of sp³-hybridized carbons (Fsp3) is 0.345. The number of sulfone groups is 1. The highest BCUT2D eigenvalue weighted by atomic mass is 32.2. The van der Waals surface area contributed by atoms with E-state index in [1.807, 2.05) is 45.0 Å². The van der Waals surface area contributed by atoms with Crippen molar-refractivity contribution in [2.24, 2.45) is 0 Å². The fourth-order valence-electron chi connectivity index (χ4n) is 4.74. The quantitative estimate of drug-likeness (QED) is 0.344. The maximum atomic E-state index is 12.4. The van der Waals surface area contributed by atoms with Gasteiger partial charge in [0.25, 0.3) is 0 Å². The Hall–Kier alpha value is -3.92. The number of hydrogen-bond donors (Lipinski definition) is 1. The lowest BCUT2D eigenvalue weighted by atomic mass is 9.89. The lowest BCUT2D eigenvalue weighted by Crippen LogP contribution is -2.41. The van der Waals surface area contributed by atoms with E-state index in [1.54, 1.807) is 39.9 Å². The molecule has 1 aliphatic rings. The highest BCUT2D eigenvalue weighted by Gasteiger charge is 2.27. The van der Waals surface area contributed by atoms with Crippen molar-refractivity contribution in [3.8, 4) is 11.3 Å². The predicted octanol–water partition coefficient (Wildman–Crippen LogP) is 5.66. The van der Waals surface area contributed by atoms with Gasteiger partial charge in [-0.05, 0) is 81.5 Å². The molecule has 2 aromatic carbocycles. The van der Waals surface area contributed by atoms with Crippen LogP contribution in [0.2, 0.25) is 0 Å². The van der Waals surface area contributed by atoms with Crippen LogP contribution in [0, 0.1) is 0 Å². The number of nitrogens with one attached hydrogen (secondary N) is 1. The van der Waals surface area contributed by atoms with Crippen molar-refractivity contribution in [3.05, 3.63) is 72.4 Å². The van der Waals surface area contributed by atoms with E-state index in [0.29, 0.717) is 25.0 Å². The van der Waals surface area contributed by atoms with Crippen molar-refractivity contribution in [1.29, 1.82) is 0 Å². The Morgan fingerprint density at radius 2 is 1.64 bits per heavy atom. The number of piperidine rings is 1. The second-order valence-corrected chi connectivity index (χ2v) is 12.9. The minimum Gasteiger partial charge on any atom is -0.444 e. The average Bonchev–Trinajstić information content (AvgIpc) is 3.31. The number of carbonyl (C=O) groups excluding carboxylic acids is 1. The summed E-state index contributed by atoms with van der Waals surface area (Å²) in [5.74, 6) is 0.841. The molecule has 0 radical (unpaired) electrons. The number of aromatic nitrogens is 3. The van der Waals surface area contributed by atoms with Crippen LogP contribution in [0.25, 0.3) is 16.8 Å². The first-order chi connectivity index (χ1) is 18.5. The van der Waals surface area contributed by atoms with E-state index in [-0.39, 0.29) is 11.0 Å². The molecule has 39 heavy (non-hydrogen) atoms. The van der Waals surface area contributed by atoms with Crippen LogP contribution in [0.1, 0.15) is 45.1 Å². The smallest absolute Gasteiger partial charge is 0.410 e. The van der Waals surface area contributed by atoms with Gasteiger partial charge in [0.15, 0.2) is 9.84 Å². The van der Waals surface area contributed by atoms with Crippen molar-refractivity contribution in [1.82, 2.24) is 19.5 Å². The second kappa shape index (κ2) is 10.3. The summed E-state index contributed by atoms with van der Waals surface area (Å²) in [4.78, 5) is 18.9. The highest BCUT2D eigenvalue weighted by molar-refractivity contribution is 7.90. The zero-order valence-electron chi connectivity index (χ0n) is 22.6. The number of hydrogen-bond acceptors (Lipinski definition) is 7. The van der Waals surface area contributed by atoms with Crippen LogP contribution < -0.4 is 5.32 Å². The van der Waals surface area contributed by atoms with Crippen molar-refractivity contribution in [2.45, 2.75) is 50.0 Å². The molecule has 1 N–H and O–H groups in total. The second-order valence-electron chi connectivity index (χ2n) is 10.9. The van der Waals surface area contributed by atoms with Gasteiger partial charge >= 0.3 is 6.09 Å². The first kappa shape index (κ1) is 26.7. The molecule has 2 aromatic heterocycles. The first-order valence-electron chi connectivity index (χ1n) is 13.0. The maximum absolute atomic E-state index is 12.4. The standard InChI is InChI=1S/C29H33N5O4S/c1-29(2,3)38-28(35)33-17-15-21(16-18-33)20-5-9-23(10-6-20)31-27-30-19-24-11-14-26(34(24)32-27)22-7-12-25(13-8-22)39(4,36)37/h5-14,19,21H,15-18H2,1-4H3,(H,31,32). The Morgan fingerprint density at radius 1 is 0.974 bits per heavy atom. The van der Waals surface area contributed by atoms with Gasteiger partial charge in [-0.2, -0.15) is 0 Å². The maximum Gasteiger partial charge on any atom is 0.410 e. The molecule has 9 nitrogen and oxygen atoms in total. The van der Waals surface area contributed by atoms with Gasteiger partial charge in [0.05, 0.1) is 22.3 Å². The average molecular weight is 548 g/mol. The molecule has 0 aliphatic carbocycles. The van der Waals surface area contributed by atoms with Gasteiger partial charge in [0.2, 0.25) is 5.95 Å². The molecule has 4 aromatic rings. The first-order valence-corrected chi connectivity index (χ1v) is 14.9. The third kappa shape index (κ3) is 6.22. The van der Waals surface area contributed by atoms with Crippen molar-refractivity contribution in [2.75, 3.05) is 24.7 Å². The third-order valence-corrected chi connectivity index (χ3v) is 7.89. The molecule has 204 valence electrons. The number of nitrogens with zero attached hydrogens (tertiary/aromatic N) is 4. The number of amides is 1. The van der Waals surface area contributed by atoms with Gasteiger partial charge in [-0.3, -0.25) is 0 Å². The van der Waals surface area contributed by atoms with E-state index >= 15 is 0 Å². The van der Waals surface area contributed by atoms with Crippen LogP contribution in [0.3, 0.4) is 0 Å². The molecule has 0 saturated carbocycles. The lowest BCUT2D eigenvalue weighted by molar-refractivity contribution is 0.0205. The zero-order valence-corrected chi connectivity index (χ0v) is 23.4.